The Labute approximate surface area is 193 Å². The van der Waals surface area contributed by atoms with E-state index in [9.17, 15) is 14.4 Å². The van der Waals surface area contributed by atoms with Crippen molar-refractivity contribution >= 4 is 29.4 Å². The molecule has 33 heavy (non-hydrogen) atoms. The van der Waals surface area contributed by atoms with Gasteiger partial charge in [-0.25, -0.2) is 9.79 Å². The summed E-state index contributed by atoms with van der Waals surface area (Å²) in [5.74, 6) is -0.515. The van der Waals surface area contributed by atoms with Crippen LogP contribution in [0.5, 0.6) is 5.75 Å². The second kappa shape index (κ2) is 9.38. The van der Waals surface area contributed by atoms with Crippen molar-refractivity contribution in [1.82, 2.24) is 4.57 Å². The number of benzene rings is 2. The van der Waals surface area contributed by atoms with Crippen LogP contribution in [0.2, 0.25) is 0 Å². The minimum absolute atomic E-state index is 0.222. The number of hydrogen-bond acceptors (Lipinski definition) is 7. The van der Waals surface area contributed by atoms with Crippen molar-refractivity contribution in [3.8, 4) is 5.75 Å². The molecule has 0 radical (unpaired) electrons. The fourth-order valence-corrected chi connectivity index (χ4v) is 4.77. The van der Waals surface area contributed by atoms with E-state index in [4.69, 9.17) is 9.47 Å². The largest absolute Gasteiger partial charge is 0.463 e. The summed E-state index contributed by atoms with van der Waals surface area (Å²) in [4.78, 5) is 42.7. The number of esters is 2. The Morgan fingerprint density at radius 3 is 2.61 bits per heavy atom. The topological polar surface area (TPSA) is 87.0 Å². The molecule has 3 aromatic rings. The highest BCUT2D eigenvalue weighted by atomic mass is 32.1. The fourth-order valence-electron chi connectivity index (χ4n) is 3.73. The van der Waals surface area contributed by atoms with Gasteiger partial charge < -0.3 is 9.47 Å². The SMILES string of the molecule is CCOC(=O)C1=C(C)N=c2sc(=Cc3cccc(OC(C)=O)c3)c(=O)n2C1c1ccccc1. The minimum atomic E-state index is -0.643. The van der Waals surface area contributed by atoms with E-state index in [1.54, 1.807) is 42.7 Å². The summed E-state index contributed by atoms with van der Waals surface area (Å²) in [7, 11) is 0. The van der Waals surface area contributed by atoms with E-state index < -0.39 is 18.0 Å². The van der Waals surface area contributed by atoms with E-state index in [1.165, 1.54) is 18.3 Å². The molecule has 2 aromatic carbocycles. The van der Waals surface area contributed by atoms with Crippen LogP contribution in [0.3, 0.4) is 0 Å². The lowest BCUT2D eigenvalue weighted by atomic mass is 9.96. The summed E-state index contributed by atoms with van der Waals surface area (Å²) in [5.41, 5.74) is 2.10. The van der Waals surface area contributed by atoms with Gasteiger partial charge in [-0.1, -0.05) is 53.8 Å². The number of fused-ring (bicyclic) bond motifs is 1. The van der Waals surface area contributed by atoms with Gasteiger partial charge in [0.1, 0.15) is 5.75 Å². The number of nitrogens with zero attached hydrogens (tertiary/aromatic N) is 2. The Morgan fingerprint density at radius 1 is 1.15 bits per heavy atom. The van der Waals surface area contributed by atoms with Gasteiger partial charge in [0.15, 0.2) is 4.80 Å². The lowest BCUT2D eigenvalue weighted by molar-refractivity contribution is -0.139. The number of thiazole rings is 1. The first-order valence-corrected chi connectivity index (χ1v) is 11.2. The third-order valence-electron chi connectivity index (χ3n) is 5.05. The molecule has 168 valence electrons. The van der Waals surface area contributed by atoms with E-state index in [2.05, 4.69) is 4.99 Å². The molecule has 0 saturated heterocycles. The van der Waals surface area contributed by atoms with Crippen LogP contribution in [-0.4, -0.2) is 23.1 Å². The van der Waals surface area contributed by atoms with E-state index in [0.29, 0.717) is 31.9 Å². The van der Waals surface area contributed by atoms with Crippen molar-refractivity contribution in [2.75, 3.05) is 6.61 Å². The molecule has 0 fully saturated rings. The first kappa shape index (κ1) is 22.4. The van der Waals surface area contributed by atoms with Gasteiger partial charge in [-0.05, 0) is 43.2 Å². The highest BCUT2D eigenvalue weighted by molar-refractivity contribution is 7.07. The molecule has 1 aliphatic rings. The molecule has 1 atom stereocenters. The first-order chi connectivity index (χ1) is 15.9. The summed E-state index contributed by atoms with van der Waals surface area (Å²) >= 11 is 1.24. The third-order valence-corrected chi connectivity index (χ3v) is 6.03. The average molecular weight is 463 g/mol. The van der Waals surface area contributed by atoms with E-state index in [-0.39, 0.29) is 12.2 Å². The molecule has 0 spiro atoms. The molecule has 1 aliphatic heterocycles. The fraction of sp³-hybridized carbons (Fsp3) is 0.200. The zero-order valence-corrected chi connectivity index (χ0v) is 19.2. The van der Waals surface area contributed by atoms with Crippen LogP contribution >= 0.6 is 11.3 Å². The second-order valence-electron chi connectivity index (χ2n) is 7.38. The van der Waals surface area contributed by atoms with E-state index in [0.717, 1.165) is 5.56 Å². The van der Waals surface area contributed by atoms with Gasteiger partial charge in [0.05, 0.1) is 28.5 Å². The minimum Gasteiger partial charge on any atom is -0.463 e. The molecule has 0 aliphatic carbocycles. The first-order valence-electron chi connectivity index (χ1n) is 10.4. The summed E-state index contributed by atoms with van der Waals surface area (Å²) in [6.45, 7) is 5.05. The zero-order chi connectivity index (χ0) is 23.5. The molecule has 2 heterocycles. The van der Waals surface area contributed by atoms with Gasteiger partial charge in [0, 0.05) is 6.92 Å². The van der Waals surface area contributed by atoms with Gasteiger partial charge in [-0.2, -0.15) is 0 Å². The molecule has 0 saturated carbocycles. The Kier molecular flexibility index (Phi) is 6.37. The second-order valence-corrected chi connectivity index (χ2v) is 8.39. The molecular weight excluding hydrogens is 440 g/mol. The van der Waals surface area contributed by atoms with E-state index in [1.807, 2.05) is 36.4 Å². The molecule has 1 aromatic heterocycles. The van der Waals surface area contributed by atoms with Gasteiger partial charge in [0.25, 0.3) is 5.56 Å². The summed E-state index contributed by atoms with van der Waals surface area (Å²) in [6.07, 6.45) is 1.72. The van der Waals surface area contributed by atoms with Gasteiger partial charge in [0.2, 0.25) is 0 Å². The molecule has 8 heteroatoms. The van der Waals surface area contributed by atoms with Crippen molar-refractivity contribution in [1.29, 1.82) is 0 Å². The highest BCUT2D eigenvalue weighted by Crippen LogP contribution is 2.30. The molecule has 0 amide bonds. The maximum absolute atomic E-state index is 13.5. The maximum atomic E-state index is 13.5. The third kappa shape index (κ3) is 4.56. The van der Waals surface area contributed by atoms with Crippen LogP contribution < -0.4 is 19.6 Å². The zero-order valence-electron chi connectivity index (χ0n) is 18.4. The number of ether oxygens (including phenoxy) is 2. The summed E-state index contributed by atoms with van der Waals surface area (Å²) in [5, 5.41) is 0. The maximum Gasteiger partial charge on any atom is 0.338 e. The number of hydrogen-bond donors (Lipinski definition) is 0. The van der Waals surface area contributed by atoms with Crippen LogP contribution in [-0.2, 0) is 14.3 Å². The van der Waals surface area contributed by atoms with Crippen molar-refractivity contribution < 1.29 is 19.1 Å². The van der Waals surface area contributed by atoms with Gasteiger partial charge in [-0.3, -0.25) is 14.2 Å². The molecule has 0 bridgehead atoms. The number of carbonyl (C=O) groups excluding carboxylic acids is 2. The van der Waals surface area contributed by atoms with Crippen molar-refractivity contribution in [2.24, 2.45) is 4.99 Å². The monoisotopic (exact) mass is 462 g/mol. The smallest absolute Gasteiger partial charge is 0.338 e. The Balaban J connectivity index is 1.89. The van der Waals surface area contributed by atoms with Crippen molar-refractivity contribution in [2.45, 2.75) is 26.8 Å². The number of aromatic nitrogens is 1. The van der Waals surface area contributed by atoms with Crippen LogP contribution in [0.1, 0.15) is 37.9 Å². The normalized spacial score (nSPS) is 15.6. The Hall–Kier alpha value is -3.78. The van der Waals surface area contributed by atoms with Crippen LogP contribution in [0.4, 0.5) is 0 Å². The molecule has 4 rings (SSSR count). The standard InChI is InChI=1S/C25H22N2O5S/c1-4-31-24(30)21-15(2)26-25-27(22(21)18-10-6-5-7-11-18)23(29)20(33-25)14-17-9-8-12-19(13-17)32-16(3)28/h5-14,22H,4H2,1-3H3. The number of allylic oxidation sites excluding steroid dienone is 1. The van der Waals surface area contributed by atoms with Gasteiger partial charge >= 0.3 is 11.9 Å². The van der Waals surface area contributed by atoms with Gasteiger partial charge in [-0.15, -0.1) is 0 Å². The average Bonchev–Trinajstić information content (AvgIpc) is 3.08. The Bertz CT molecular complexity index is 1430. The Morgan fingerprint density at radius 2 is 1.91 bits per heavy atom. The number of rotatable bonds is 5. The van der Waals surface area contributed by atoms with Crippen LogP contribution in [0.15, 0.2) is 75.7 Å². The number of carbonyl (C=O) groups is 2. The molecule has 1 unspecified atom stereocenters. The van der Waals surface area contributed by atoms with Crippen LogP contribution in [0.25, 0.3) is 6.08 Å². The summed E-state index contributed by atoms with van der Waals surface area (Å²) < 4.78 is 12.4. The summed E-state index contributed by atoms with van der Waals surface area (Å²) in [6, 6.07) is 15.6. The quantitative estimate of drug-likeness (QED) is 0.430. The van der Waals surface area contributed by atoms with Crippen molar-refractivity contribution in [3.63, 3.8) is 0 Å². The lowest BCUT2D eigenvalue weighted by Crippen LogP contribution is -2.39. The van der Waals surface area contributed by atoms with Crippen molar-refractivity contribution in [3.05, 3.63) is 96.7 Å². The van der Waals surface area contributed by atoms with E-state index >= 15 is 0 Å². The van der Waals surface area contributed by atoms with Crippen LogP contribution in [0, 0.1) is 0 Å². The molecule has 0 N–H and O–H groups in total. The predicted octanol–water partition coefficient (Wildman–Crippen LogP) is 2.72. The molecular formula is C25H22N2O5S. The molecule has 7 nitrogen and oxygen atoms in total. The lowest BCUT2D eigenvalue weighted by Gasteiger charge is -2.24. The highest BCUT2D eigenvalue weighted by Gasteiger charge is 2.33. The predicted molar refractivity (Wildman–Crippen MR) is 125 cm³/mol.